The van der Waals surface area contributed by atoms with E-state index < -0.39 is 5.97 Å². The maximum Gasteiger partial charge on any atom is 0.372 e. The number of carboxylic acid groups (broad SMARTS) is 1. The molecule has 0 radical (unpaired) electrons. The normalized spacial score (nSPS) is 13.0. The minimum Gasteiger partial charge on any atom is -0.475 e. The van der Waals surface area contributed by atoms with Crippen LogP contribution in [-0.4, -0.2) is 42.3 Å². The third-order valence-corrected chi connectivity index (χ3v) is 3.69. The number of furan rings is 1. The van der Waals surface area contributed by atoms with Gasteiger partial charge in [-0.1, -0.05) is 25.1 Å². The Morgan fingerprint density at radius 2 is 2.14 bits per heavy atom. The molecule has 0 amide bonds. The fraction of sp³-hybridized carbons (Fsp3) is 0.438. The summed E-state index contributed by atoms with van der Waals surface area (Å²) in [6, 6.07) is 7.62. The van der Waals surface area contributed by atoms with Crippen LogP contribution in [0.3, 0.4) is 0 Å². The van der Waals surface area contributed by atoms with Crippen molar-refractivity contribution in [2.24, 2.45) is 0 Å². The molecule has 114 valence electrons. The molecule has 21 heavy (non-hydrogen) atoms. The van der Waals surface area contributed by atoms with Crippen LogP contribution in [0, 0.1) is 0 Å². The summed E-state index contributed by atoms with van der Waals surface area (Å²) >= 11 is 0. The van der Waals surface area contributed by atoms with E-state index in [4.69, 9.17) is 9.15 Å². The molecule has 5 heteroatoms. The van der Waals surface area contributed by atoms with Gasteiger partial charge in [-0.15, -0.1) is 0 Å². The van der Waals surface area contributed by atoms with Gasteiger partial charge >= 0.3 is 5.97 Å². The highest BCUT2D eigenvalue weighted by molar-refractivity contribution is 5.95. The first-order valence-corrected chi connectivity index (χ1v) is 7.05. The van der Waals surface area contributed by atoms with E-state index in [1.54, 1.807) is 13.2 Å². The van der Waals surface area contributed by atoms with Gasteiger partial charge in [-0.25, -0.2) is 4.79 Å². The van der Waals surface area contributed by atoms with E-state index in [0.29, 0.717) is 18.7 Å². The number of rotatable bonds is 7. The van der Waals surface area contributed by atoms with Crippen molar-refractivity contribution in [1.29, 1.82) is 0 Å². The summed E-state index contributed by atoms with van der Waals surface area (Å²) in [6.45, 7) is 6.05. The van der Waals surface area contributed by atoms with Gasteiger partial charge in [-0.05, 0) is 19.5 Å². The molecular weight excluding hydrogens is 270 g/mol. The minimum atomic E-state index is -1.03. The number of hydrogen-bond donors (Lipinski definition) is 1. The Labute approximate surface area is 124 Å². The van der Waals surface area contributed by atoms with Crippen molar-refractivity contribution in [2.45, 2.75) is 26.4 Å². The monoisotopic (exact) mass is 291 g/mol. The highest BCUT2D eigenvalue weighted by Gasteiger charge is 2.23. The third-order valence-electron chi connectivity index (χ3n) is 3.69. The van der Waals surface area contributed by atoms with E-state index in [9.17, 15) is 9.90 Å². The first-order valence-electron chi connectivity index (χ1n) is 7.05. The molecule has 0 aliphatic rings. The van der Waals surface area contributed by atoms with E-state index >= 15 is 0 Å². The lowest BCUT2D eigenvalue weighted by atomic mass is 10.1. The van der Waals surface area contributed by atoms with Crippen LogP contribution in [0.25, 0.3) is 11.0 Å². The predicted molar refractivity (Wildman–Crippen MR) is 80.6 cm³/mol. The van der Waals surface area contributed by atoms with E-state index in [1.165, 1.54) is 0 Å². The molecule has 0 aliphatic heterocycles. The Kier molecular flexibility index (Phi) is 4.98. The van der Waals surface area contributed by atoms with Crippen molar-refractivity contribution in [3.63, 3.8) is 0 Å². The van der Waals surface area contributed by atoms with Crippen molar-refractivity contribution >= 4 is 16.9 Å². The van der Waals surface area contributed by atoms with Gasteiger partial charge in [0.2, 0.25) is 5.76 Å². The van der Waals surface area contributed by atoms with Crippen LogP contribution in [0.1, 0.15) is 30.0 Å². The average molecular weight is 291 g/mol. The van der Waals surface area contributed by atoms with Crippen LogP contribution >= 0.6 is 0 Å². The van der Waals surface area contributed by atoms with Crippen LogP contribution in [0.4, 0.5) is 0 Å². The molecule has 1 heterocycles. The second-order valence-corrected chi connectivity index (χ2v) is 5.08. The van der Waals surface area contributed by atoms with Gasteiger partial charge in [-0.2, -0.15) is 0 Å². The third kappa shape index (κ3) is 3.25. The van der Waals surface area contributed by atoms with E-state index in [1.807, 2.05) is 18.2 Å². The number of carboxylic acids is 1. The van der Waals surface area contributed by atoms with Crippen LogP contribution in [0.15, 0.2) is 28.7 Å². The van der Waals surface area contributed by atoms with Gasteiger partial charge in [0.15, 0.2) is 0 Å². The van der Waals surface area contributed by atoms with Crippen LogP contribution in [0.5, 0.6) is 0 Å². The number of nitrogens with zero attached hydrogens (tertiary/aromatic N) is 1. The van der Waals surface area contributed by atoms with Crippen molar-refractivity contribution in [2.75, 3.05) is 20.3 Å². The Morgan fingerprint density at radius 1 is 1.43 bits per heavy atom. The van der Waals surface area contributed by atoms with Gasteiger partial charge in [-0.3, -0.25) is 4.90 Å². The van der Waals surface area contributed by atoms with Crippen molar-refractivity contribution in [3.8, 4) is 0 Å². The van der Waals surface area contributed by atoms with Crippen molar-refractivity contribution in [3.05, 3.63) is 35.6 Å². The van der Waals surface area contributed by atoms with Gasteiger partial charge in [0.1, 0.15) is 5.58 Å². The van der Waals surface area contributed by atoms with E-state index in [0.717, 1.165) is 17.5 Å². The molecule has 1 aromatic carbocycles. The van der Waals surface area contributed by atoms with Crippen molar-refractivity contribution < 1.29 is 19.1 Å². The molecule has 0 saturated carbocycles. The lowest BCUT2D eigenvalue weighted by Crippen LogP contribution is -2.35. The molecule has 1 atom stereocenters. The summed E-state index contributed by atoms with van der Waals surface area (Å²) in [5, 5.41) is 10.2. The molecule has 0 spiro atoms. The average Bonchev–Trinajstić information content (AvgIpc) is 2.83. The van der Waals surface area contributed by atoms with Crippen LogP contribution in [0.2, 0.25) is 0 Å². The second-order valence-electron chi connectivity index (χ2n) is 5.08. The smallest absolute Gasteiger partial charge is 0.372 e. The molecule has 2 aromatic rings. The number of methoxy groups -OCH3 is 1. The molecule has 0 saturated heterocycles. The van der Waals surface area contributed by atoms with Crippen LogP contribution < -0.4 is 0 Å². The highest BCUT2D eigenvalue weighted by Crippen LogP contribution is 2.27. The standard InChI is InChI=1S/C16H21NO4/c1-4-17(11(2)10-20-3)9-13-12-7-5-6-8-14(12)21-15(13)16(18)19/h5-8,11H,4,9-10H2,1-3H3,(H,18,19). The number of para-hydroxylation sites is 1. The molecule has 0 aliphatic carbocycles. The Bertz CT molecular complexity index is 620. The van der Waals surface area contributed by atoms with Crippen LogP contribution in [-0.2, 0) is 11.3 Å². The lowest BCUT2D eigenvalue weighted by molar-refractivity contribution is 0.0657. The maximum atomic E-state index is 11.4. The van der Waals surface area contributed by atoms with Gasteiger partial charge in [0.25, 0.3) is 0 Å². The molecule has 2 rings (SSSR count). The number of likely N-dealkylation sites (N-methyl/N-ethyl adjacent to an activating group) is 1. The zero-order valence-corrected chi connectivity index (χ0v) is 12.6. The second kappa shape index (κ2) is 6.74. The fourth-order valence-electron chi connectivity index (χ4n) is 2.56. The largest absolute Gasteiger partial charge is 0.475 e. The summed E-state index contributed by atoms with van der Waals surface area (Å²) in [7, 11) is 1.67. The first-order chi connectivity index (χ1) is 10.1. The molecule has 0 fully saturated rings. The van der Waals surface area contributed by atoms with Gasteiger partial charge in [0, 0.05) is 30.6 Å². The molecular formula is C16H21NO4. The van der Waals surface area contributed by atoms with E-state index in [2.05, 4.69) is 18.7 Å². The molecule has 1 N–H and O–H groups in total. The number of fused-ring (bicyclic) bond motifs is 1. The van der Waals surface area contributed by atoms with E-state index in [-0.39, 0.29) is 11.8 Å². The zero-order valence-electron chi connectivity index (χ0n) is 12.6. The quantitative estimate of drug-likeness (QED) is 0.849. The summed E-state index contributed by atoms with van der Waals surface area (Å²) in [5.74, 6) is -1.00. The topological polar surface area (TPSA) is 62.9 Å². The zero-order chi connectivity index (χ0) is 15.4. The highest BCUT2D eigenvalue weighted by atomic mass is 16.5. The predicted octanol–water partition coefficient (Wildman–Crippen LogP) is 2.99. The van der Waals surface area contributed by atoms with Crippen molar-refractivity contribution in [1.82, 2.24) is 4.90 Å². The molecule has 5 nitrogen and oxygen atoms in total. The Morgan fingerprint density at radius 3 is 2.76 bits per heavy atom. The summed E-state index contributed by atoms with van der Waals surface area (Å²) in [5.41, 5.74) is 1.34. The summed E-state index contributed by atoms with van der Waals surface area (Å²) < 4.78 is 10.7. The number of ether oxygens (including phenoxy) is 1. The maximum absolute atomic E-state index is 11.4. The van der Waals surface area contributed by atoms with Gasteiger partial charge < -0.3 is 14.3 Å². The van der Waals surface area contributed by atoms with Gasteiger partial charge in [0.05, 0.1) is 6.61 Å². The minimum absolute atomic E-state index is 0.0271. The number of benzene rings is 1. The SMILES string of the molecule is CCN(Cc1c(C(=O)O)oc2ccccc12)C(C)COC. The summed E-state index contributed by atoms with van der Waals surface area (Å²) in [4.78, 5) is 13.6. The first kappa shape index (κ1) is 15.5. The summed E-state index contributed by atoms with van der Waals surface area (Å²) in [6.07, 6.45) is 0. The molecule has 0 bridgehead atoms. The number of aromatic carboxylic acids is 1. The number of carbonyl (C=O) groups is 1. The Hall–Kier alpha value is -1.85. The molecule has 1 aromatic heterocycles. The lowest BCUT2D eigenvalue weighted by Gasteiger charge is -2.27. The number of hydrogen-bond acceptors (Lipinski definition) is 4. The Balaban J connectivity index is 2.39. The molecule has 1 unspecified atom stereocenters. The fourth-order valence-corrected chi connectivity index (χ4v) is 2.56.